The maximum absolute atomic E-state index is 10.7. The molecule has 0 fully saturated rings. The molecule has 3 nitrogen and oxygen atoms in total. The van der Waals surface area contributed by atoms with Crippen molar-refractivity contribution in [2.75, 3.05) is 11.5 Å². The minimum atomic E-state index is 0.0912. The maximum Gasteiger partial charge on any atom is 0.185 e. The molecule has 1 aromatic rings. The van der Waals surface area contributed by atoms with Gasteiger partial charge in [-0.1, -0.05) is 29.7 Å². The fourth-order valence-electron chi connectivity index (χ4n) is 1.20. The Morgan fingerprint density at radius 1 is 1.53 bits per heavy atom. The standard InChI is InChI=1S/C13H12N2OS/c1-10(16)17-8-3-2-5-11-6-4-7-13(15)12(11)9-14/h4,6-7H,3,8,15H2,1H3. The van der Waals surface area contributed by atoms with E-state index in [9.17, 15) is 4.79 Å². The number of rotatable bonds is 2. The van der Waals surface area contributed by atoms with Crippen molar-refractivity contribution in [1.82, 2.24) is 0 Å². The average molecular weight is 244 g/mol. The first-order chi connectivity index (χ1) is 8.15. The van der Waals surface area contributed by atoms with Crippen LogP contribution in [0.25, 0.3) is 0 Å². The number of hydrogen-bond donors (Lipinski definition) is 1. The van der Waals surface area contributed by atoms with Gasteiger partial charge < -0.3 is 5.73 Å². The number of anilines is 1. The van der Waals surface area contributed by atoms with Gasteiger partial charge in [0.15, 0.2) is 5.12 Å². The van der Waals surface area contributed by atoms with E-state index in [1.54, 1.807) is 18.2 Å². The van der Waals surface area contributed by atoms with Crippen LogP contribution in [0.2, 0.25) is 0 Å². The quantitative estimate of drug-likeness (QED) is 0.492. The number of nitrogens with two attached hydrogens (primary N) is 1. The van der Waals surface area contributed by atoms with Crippen molar-refractivity contribution in [3.05, 3.63) is 29.3 Å². The van der Waals surface area contributed by atoms with Crippen LogP contribution < -0.4 is 5.73 Å². The van der Waals surface area contributed by atoms with Crippen LogP contribution in [-0.4, -0.2) is 10.9 Å². The summed E-state index contributed by atoms with van der Waals surface area (Å²) in [7, 11) is 0. The third kappa shape index (κ3) is 4.22. The lowest BCUT2D eigenvalue weighted by atomic mass is 10.1. The van der Waals surface area contributed by atoms with Crippen molar-refractivity contribution in [3.8, 4) is 17.9 Å². The Kier molecular flexibility index (Phi) is 5.13. The van der Waals surface area contributed by atoms with Gasteiger partial charge in [0.1, 0.15) is 6.07 Å². The zero-order chi connectivity index (χ0) is 12.7. The number of benzene rings is 1. The van der Waals surface area contributed by atoms with E-state index in [2.05, 4.69) is 11.8 Å². The first kappa shape index (κ1) is 13.2. The van der Waals surface area contributed by atoms with E-state index in [1.807, 2.05) is 6.07 Å². The zero-order valence-electron chi connectivity index (χ0n) is 9.49. The molecule has 0 atom stereocenters. The molecule has 1 aromatic carbocycles. The summed E-state index contributed by atoms with van der Waals surface area (Å²) < 4.78 is 0. The van der Waals surface area contributed by atoms with E-state index in [-0.39, 0.29) is 5.12 Å². The normalized spacial score (nSPS) is 8.94. The van der Waals surface area contributed by atoms with Gasteiger partial charge in [-0.05, 0) is 12.1 Å². The van der Waals surface area contributed by atoms with Gasteiger partial charge in [0.2, 0.25) is 0 Å². The predicted octanol–water partition coefficient (Wildman–Crippen LogP) is 2.16. The number of nitrogen functional groups attached to an aromatic ring is 1. The maximum atomic E-state index is 10.7. The molecule has 1 rings (SSSR count). The number of carbonyl (C=O) groups excluding carboxylic acids is 1. The molecular formula is C13H12N2OS. The average Bonchev–Trinajstić information content (AvgIpc) is 2.28. The fraction of sp³-hybridized carbons (Fsp3) is 0.231. The molecule has 0 bridgehead atoms. The molecule has 0 heterocycles. The molecule has 0 aromatic heterocycles. The predicted molar refractivity (Wildman–Crippen MR) is 70.2 cm³/mol. The van der Waals surface area contributed by atoms with Gasteiger partial charge in [-0.15, -0.1) is 0 Å². The van der Waals surface area contributed by atoms with Crippen LogP contribution in [0.15, 0.2) is 18.2 Å². The van der Waals surface area contributed by atoms with Crippen molar-refractivity contribution in [2.45, 2.75) is 13.3 Å². The zero-order valence-corrected chi connectivity index (χ0v) is 10.3. The summed E-state index contributed by atoms with van der Waals surface area (Å²) in [6.45, 7) is 1.53. The monoisotopic (exact) mass is 244 g/mol. The van der Waals surface area contributed by atoms with Gasteiger partial charge in [0.25, 0.3) is 0 Å². The van der Waals surface area contributed by atoms with Crippen LogP contribution in [0, 0.1) is 23.2 Å². The van der Waals surface area contributed by atoms with Gasteiger partial charge >= 0.3 is 0 Å². The van der Waals surface area contributed by atoms with Crippen molar-refractivity contribution >= 4 is 22.6 Å². The van der Waals surface area contributed by atoms with E-state index in [4.69, 9.17) is 11.0 Å². The summed E-state index contributed by atoms with van der Waals surface area (Å²) >= 11 is 1.25. The van der Waals surface area contributed by atoms with Gasteiger partial charge in [0, 0.05) is 24.7 Å². The summed E-state index contributed by atoms with van der Waals surface area (Å²) in [5.41, 5.74) is 7.16. The number of hydrogen-bond acceptors (Lipinski definition) is 4. The van der Waals surface area contributed by atoms with Crippen molar-refractivity contribution in [2.24, 2.45) is 0 Å². The molecule has 0 saturated carbocycles. The van der Waals surface area contributed by atoms with E-state index in [1.165, 1.54) is 18.7 Å². The lowest BCUT2D eigenvalue weighted by Crippen LogP contribution is -1.93. The van der Waals surface area contributed by atoms with Crippen molar-refractivity contribution in [1.29, 1.82) is 5.26 Å². The molecule has 0 saturated heterocycles. The molecule has 2 N–H and O–H groups in total. The molecular weight excluding hydrogens is 232 g/mol. The third-order valence-electron chi connectivity index (χ3n) is 1.96. The summed E-state index contributed by atoms with van der Waals surface area (Å²) in [6.07, 6.45) is 0.615. The van der Waals surface area contributed by atoms with Crippen LogP contribution in [0.4, 0.5) is 5.69 Å². The Hall–Kier alpha value is -1.91. The highest BCUT2D eigenvalue weighted by atomic mass is 32.2. The van der Waals surface area contributed by atoms with Crippen LogP contribution in [0.1, 0.15) is 24.5 Å². The Morgan fingerprint density at radius 3 is 2.94 bits per heavy atom. The highest BCUT2D eigenvalue weighted by Gasteiger charge is 2.01. The summed E-state index contributed by atoms with van der Waals surface area (Å²) in [5, 5.41) is 9.02. The molecule has 0 spiro atoms. The first-order valence-corrected chi connectivity index (χ1v) is 6.04. The topological polar surface area (TPSA) is 66.9 Å². The van der Waals surface area contributed by atoms with Gasteiger partial charge in [-0.2, -0.15) is 5.26 Å². The number of carbonyl (C=O) groups is 1. The van der Waals surface area contributed by atoms with E-state index in [0.29, 0.717) is 29.0 Å². The molecule has 17 heavy (non-hydrogen) atoms. The van der Waals surface area contributed by atoms with Gasteiger partial charge in [0.05, 0.1) is 11.3 Å². The van der Waals surface area contributed by atoms with Crippen molar-refractivity contribution < 1.29 is 4.79 Å². The SMILES string of the molecule is CC(=O)SCCC#Cc1cccc(N)c1C#N. The third-order valence-corrected chi connectivity index (χ3v) is 2.78. The molecule has 0 radical (unpaired) electrons. The van der Waals surface area contributed by atoms with E-state index < -0.39 is 0 Å². The summed E-state index contributed by atoms with van der Waals surface area (Å²) in [6, 6.07) is 7.24. The van der Waals surface area contributed by atoms with Crippen LogP contribution in [-0.2, 0) is 4.79 Å². The lowest BCUT2D eigenvalue weighted by molar-refractivity contribution is -0.109. The van der Waals surface area contributed by atoms with Crippen LogP contribution in [0.3, 0.4) is 0 Å². The second kappa shape index (κ2) is 6.62. The Labute approximate surface area is 105 Å². The Morgan fingerprint density at radius 2 is 2.29 bits per heavy atom. The fourth-order valence-corrected chi connectivity index (χ4v) is 1.69. The number of nitriles is 1. The minimum absolute atomic E-state index is 0.0912. The lowest BCUT2D eigenvalue weighted by Gasteiger charge is -1.98. The number of thioether (sulfide) groups is 1. The van der Waals surface area contributed by atoms with E-state index in [0.717, 1.165) is 0 Å². The van der Waals surface area contributed by atoms with Crippen LogP contribution in [0.5, 0.6) is 0 Å². The molecule has 0 aliphatic heterocycles. The smallest absolute Gasteiger partial charge is 0.185 e. The second-order valence-electron chi connectivity index (χ2n) is 3.27. The summed E-state index contributed by atoms with van der Waals surface area (Å²) in [4.78, 5) is 10.7. The highest BCUT2D eigenvalue weighted by molar-refractivity contribution is 8.13. The van der Waals surface area contributed by atoms with Crippen molar-refractivity contribution in [3.63, 3.8) is 0 Å². The Balaban J connectivity index is 2.70. The molecule has 0 amide bonds. The molecule has 0 aliphatic carbocycles. The molecule has 0 unspecified atom stereocenters. The largest absolute Gasteiger partial charge is 0.398 e. The molecule has 4 heteroatoms. The van der Waals surface area contributed by atoms with E-state index >= 15 is 0 Å². The summed E-state index contributed by atoms with van der Waals surface area (Å²) in [5.74, 6) is 6.50. The van der Waals surface area contributed by atoms with Gasteiger partial charge in [-0.3, -0.25) is 4.79 Å². The second-order valence-corrected chi connectivity index (χ2v) is 4.55. The minimum Gasteiger partial charge on any atom is -0.398 e. The van der Waals surface area contributed by atoms with Gasteiger partial charge in [-0.25, -0.2) is 0 Å². The van der Waals surface area contributed by atoms with Crippen LogP contribution >= 0.6 is 11.8 Å². The Bertz CT molecular complexity index is 520. The molecule has 0 aliphatic rings. The molecule has 86 valence electrons. The first-order valence-electron chi connectivity index (χ1n) is 5.06. The highest BCUT2D eigenvalue weighted by Crippen LogP contribution is 2.14. The number of nitrogens with zero attached hydrogens (tertiary/aromatic N) is 1.